The topological polar surface area (TPSA) is 102 Å². The van der Waals surface area contributed by atoms with E-state index in [1.54, 1.807) is 18.2 Å². The normalized spacial score (nSPS) is 16.2. The van der Waals surface area contributed by atoms with Gasteiger partial charge in [-0.2, -0.15) is 0 Å². The molecule has 160 valence electrons. The molecule has 2 aromatic heterocycles. The van der Waals surface area contributed by atoms with E-state index in [4.69, 9.17) is 9.47 Å². The third kappa shape index (κ3) is 3.37. The second kappa shape index (κ2) is 7.57. The molecule has 0 radical (unpaired) electrons. The number of aryl methyl sites for hydroxylation is 1. The highest BCUT2D eigenvalue weighted by molar-refractivity contribution is 7.22. The Bertz CT molecular complexity index is 1350. The van der Waals surface area contributed by atoms with Crippen LogP contribution in [0.15, 0.2) is 42.5 Å². The highest BCUT2D eigenvalue weighted by atomic mass is 32.1. The summed E-state index contributed by atoms with van der Waals surface area (Å²) in [5.74, 6) is 0.403. The predicted molar refractivity (Wildman–Crippen MR) is 122 cm³/mol. The standard InChI is InChI=1S/C22H16N4O4S2/c27-19(11-5-7-14-15(9-11)30-10-29-14)25-22-24-18-12(6-8-17(18)32-22)20(28)26-21-23-13-3-1-2-4-16(13)31-21/h1-5,7,9,12H,6,8,10H2,(H,23,26,28)(H,24,25,27). The largest absolute Gasteiger partial charge is 0.454 e. The Kier molecular flexibility index (Phi) is 4.54. The van der Waals surface area contributed by atoms with Gasteiger partial charge in [0.1, 0.15) is 0 Å². The predicted octanol–water partition coefficient (Wildman–Crippen LogP) is 4.40. The van der Waals surface area contributed by atoms with Crippen molar-refractivity contribution in [3.05, 3.63) is 58.6 Å². The minimum atomic E-state index is -0.357. The molecule has 1 aliphatic heterocycles. The van der Waals surface area contributed by atoms with Crippen LogP contribution in [-0.4, -0.2) is 28.6 Å². The van der Waals surface area contributed by atoms with Crippen LogP contribution in [0.3, 0.4) is 0 Å². The number of para-hydroxylation sites is 1. The molecule has 2 aromatic carbocycles. The van der Waals surface area contributed by atoms with E-state index in [-0.39, 0.29) is 24.5 Å². The highest BCUT2D eigenvalue weighted by Gasteiger charge is 2.33. The lowest BCUT2D eigenvalue weighted by molar-refractivity contribution is -0.117. The number of anilines is 2. The smallest absolute Gasteiger partial charge is 0.257 e. The van der Waals surface area contributed by atoms with E-state index in [1.807, 2.05) is 24.3 Å². The van der Waals surface area contributed by atoms with Crippen LogP contribution in [0.5, 0.6) is 11.5 Å². The van der Waals surface area contributed by atoms with Gasteiger partial charge in [0.2, 0.25) is 12.7 Å². The fourth-order valence-electron chi connectivity index (χ4n) is 3.86. The molecule has 10 heteroatoms. The van der Waals surface area contributed by atoms with Gasteiger partial charge in [0, 0.05) is 10.4 Å². The Hall–Kier alpha value is -3.50. The van der Waals surface area contributed by atoms with Crippen LogP contribution >= 0.6 is 22.7 Å². The number of fused-ring (bicyclic) bond motifs is 3. The second-order valence-corrected chi connectivity index (χ2v) is 9.53. The van der Waals surface area contributed by atoms with E-state index in [0.717, 1.165) is 27.2 Å². The molecule has 1 aliphatic carbocycles. The van der Waals surface area contributed by atoms with Gasteiger partial charge in [-0.3, -0.25) is 14.9 Å². The number of nitrogens with one attached hydrogen (secondary N) is 2. The molecule has 2 aliphatic rings. The third-order valence-corrected chi connectivity index (χ3v) is 7.41. The minimum Gasteiger partial charge on any atom is -0.454 e. The molecule has 4 aromatic rings. The number of amides is 2. The third-order valence-electron chi connectivity index (χ3n) is 5.41. The van der Waals surface area contributed by atoms with E-state index in [0.29, 0.717) is 33.7 Å². The Labute approximate surface area is 190 Å². The Morgan fingerprint density at radius 1 is 0.969 bits per heavy atom. The van der Waals surface area contributed by atoms with Crippen molar-refractivity contribution >= 4 is 55.0 Å². The first-order valence-electron chi connectivity index (χ1n) is 10.0. The molecule has 0 saturated heterocycles. The molecule has 8 nitrogen and oxygen atoms in total. The lowest BCUT2D eigenvalue weighted by atomic mass is 10.1. The molecule has 32 heavy (non-hydrogen) atoms. The molecule has 2 amide bonds. The van der Waals surface area contributed by atoms with E-state index in [2.05, 4.69) is 20.6 Å². The van der Waals surface area contributed by atoms with Gasteiger partial charge < -0.3 is 14.8 Å². The summed E-state index contributed by atoms with van der Waals surface area (Å²) in [7, 11) is 0. The van der Waals surface area contributed by atoms with Gasteiger partial charge in [-0.15, -0.1) is 11.3 Å². The Morgan fingerprint density at radius 2 is 1.81 bits per heavy atom. The fourth-order valence-corrected chi connectivity index (χ4v) is 5.76. The number of carbonyl (C=O) groups excluding carboxylic acids is 2. The van der Waals surface area contributed by atoms with E-state index in [1.165, 1.54) is 22.7 Å². The molecule has 0 bridgehead atoms. The maximum absolute atomic E-state index is 12.9. The summed E-state index contributed by atoms with van der Waals surface area (Å²) < 4.78 is 11.6. The van der Waals surface area contributed by atoms with Crippen LogP contribution in [0, 0.1) is 0 Å². The molecule has 0 spiro atoms. The number of rotatable bonds is 4. The number of hydrogen-bond donors (Lipinski definition) is 2. The lowest BCUT2D eigenvalue weighted by Gasteiger charge is -2.08. The summed E-state index contributed by atoms with van der Waals surface area (Å²) in [4.78, 5) is 35.6. The van der Waals surface area contributed by atoms with Gasteiger partial charge in [-0.25, -0.2) is 9.97 Å². The molecule has 2 N–H and O–H groups in total. The van der Waals surface area contributed by atoms with Gasteiger partial charge in [0.05, 0.1) is 21.8 Å². The summed E-state index contributed by atoms with van der Waals surface area (Å²) in [5, 5.41) is 6.83. The van der Waals surface area contributed by atoms with Crippen molar-refractivity contribution in [2.45, 2.75) is 18.8 Å². The quantitative estimate of drug-likeness (QED) is 0.464. The molecule has 3 heterocycles. The van der Waals surface area contributed by atoms with Gasteiger partial charge in [-0.05, 0) is 43.2 Å². The van der Waals surface area contributed by atoms with E-state index >= 15 is 0 Å². The zero-order chi connectivity index (χ0) is 21.7. The van der Waals surface area contributed by atoms with Crippen molar-refractivity contribution in [1.82, 2.24) is 9.97 Å². The van der Waals surface area contributed by atoms with Crippen molar-refractivity contribution in [2.75, 3.05) is 17.4 Å². The zero-order valence-electron chi connectivity index (χ0n) is 16.6. The summed E-state index contributed by atoms with van der Waals surface area (Å²) >= 11 is 2.86. The van der Waals surface area contributed by atoms with Crippen LogP contribution in [0.2, 0.25) is 0 Å². The van der Waals surface area contributed by atoms with Crippen molar-refractivity contribution < 1.29 is 19.1 Å². The van der Waals surface area contributed by atoms with Gasteiger partial charge in [-0.1, -0.05) is 23.5 Å². The summed E-state index contributed by atoms with van der Waals surface area (Å²) in [6.07, 6.45) is 1.45. The van der Waals surface area contributed by atoms with Crippen LogP contribution in [0.25, 0.3) is 10.2 Å². The van der Waals surface area contributed by atoms with Crippen molar-refractivity contribution in [2.24, 2.45) is 0 Å². The zero-order valence-corrected chi connectivity index (χ0v) is 18.2. The number of carbonyl (C=O) groups is 2. The monoisotopic (exact) mass is 464 g/mol. The summed E-state index contributed by atoms with van der Waals surface area (Å²) in [5.41, 5.74) is 2.05. The van der Waals surface area contributed by atoms with Crippen LogP contribution in [0.4, 0.5) is 10.3 Å². The Balaban J connectivity index is 1.17. The van der Waals surface area contributed by atoms with Crippen molar-refractivity contribution in [3.63, 3.8) is 0 Å². The average molecular weight is 465 g/mol. The summed E-state index contributed by atoms with van der Waals surface area (Å²) in [6.45, 7) is 0.153. The SMILES string of the molecule is O=C(Nc1nc2c(s1)CCC2C(=O)Nc1nc2ccccc2s1)c1ccc2c(c1)OCO2. The second-order valence-electron chi connectivity index (χ2n) is 7.42. The number of aromatic nitrogens is 2. The molecule has 0 fully saturated rings. The number of nitrogens with zero attached hydrogens (tertiary/aromatic N) is 2. The average Bonchev–Trinajstić information content (AvgIpc) is 3.55. The molecular weight excluding hydrogens is 448 g/mol. The molecule has 6 rings (SSSR count). The lowest BCUT2D eigenvalue weighted by Crippen LogP contribution is -2.20. The van der Waals surface area contributed by atoms with Crippen molar-refractivity contribution in [3.8, 4) is 11.5 Å². The number of thiazole rings is 2. The highest BCUT2D eigenvalue weighted by Crippen LogP contribution is 2.40. The first-order chi connectivity index (χ1) is 15.6. The first-order valence-corrected chi connectivity index (χ1v) is 11.6. The van der Waals surface area contributed by atoms with E-state index in [9.17, 15) is 9.59 Å². The summed E-state index contributed by atoms with van der Waals surface area (Å²) in [6, 6.07) is 12.8. The van der Waals surface area contributed by atoms with Gasteiger partial charge in [0.15, 0.2) is 21.8 Å². The fraction of sp³-hybridized carbons (Fsp3) is 0.182. The van der Waals surface area contributed by atoms with Gasteiger partial charge in [0.25, 0.3) is 5.91 Å². The molecule has 1 unspecified atom stereocenters. The number of benzene rings is 2. The van der Waals surface area contributed by atoms with Crippen LogP contribution < -0.4 is 20.1 Å². The first kappa shape index (κ1) is 19.2. The van der Waals surface area contributed by atoms with Gasteiger partial charge >= 0.3 is 0 Å². The van der Waals surface area contributed by atoms with Crippen LogP contribution in [0.1, 0.15) is 33.3 Å². The van der Waals surface area contributed by atoms with Crippen molar-refractivity contribution in [1.29, 1.82) is 0 Å². The molecule has 0 saturated carbocycles. The maximum Gasteiger partial charge on any atom is 0.257 e. The minimum absolute atomic E-state index is 0.123. The number of ether oxygens (including phenoxy) is 2. The Morgan fingerprint density at radius 3 is 2.72 bits per heavy atom. The molecule has 1 atom stereocenters. The maximum atomic E-state index is 12.9. The molecular formula is C22H16N4O4S2. The van der Waals surface area contributed by atoms with Crippen LogP contribution in [-0.2, 0) is 11.2 Å². The number of hydrogen-bond acceptors (Lipinski definition) is 8. The van der Waals surface area contributed by atoms with E-state index < -0.39 is 0 Å².